The van der Waals surface area contributed by atoms with Crippen molar-refractivity contribution in [3.63, 3.8) is 0 Å². The number of hydrogen-bond acceptors (Lipinski definition) is 5. The summed E-state index contributed by atoms with van der Waals surface area (Å²) >= 11 is 6.07. The minimum Gasteiger partial charge on any atom is -0.334 e. The van der Waals surface area contributed by atoms with Crippen LogP contribution in [-0.2, 0) is 11.3 Å². The Hall–Kier alpha value is -2.70. The molecule has 1 fully saturated rings. The molecule has 2 aromatic carbocycles. The Kier molecular flexibility index (Phi) is 6.16. The van der Waals surface area contributed by atoms with E-state index in [9.17, 15) is 4.79 Å². The number of anilines is 1. The molecule has 0 saturated carbocycles. The third-order valence-electron chi connectivity index (χ3n) is 5.47. The van der Waals surface area contributed by atoms with Crippen molar-refractivity contribution in [1.29, 1.82) is 0 Å². The molecule has 4 rings (SSSR count). The van der Waals surface area contributed by atoms with E-state index < -0.39 is 0 Å². The lowest BCUT2D eigenvalue weighted by Crippen LogP contribution is -2.40. The summed E-state index contributed by atoms with van der Waals surface area (Å²) in [6.45, 7) is 6.14. The van der Waals surface area contributed by atoms with Crippen molar-refractivity contribution in [2.45, 2.75) is 33.2 Å². The minimum atomic E-state index is -0.0828. The predicted octanol–water partition coefficient (Wildman–Crippen LogP) is 4.86. The molecule has 1 unspecified atom stereocenters. The Morgan fingerprint density at radius 3 is 2.83 bits per heavy atom. The van der Waals surface area contributed by atoms with Crippen molar-refractivity contribution in [2.75, 3.05) is 18.4 Å². The number of hydrogen-bond donors (Lipinski definition) is 1. The molecule has 1 N–H and O–H groups in total. The van der Waals surface area contributed by atoms with E-state index in [-0.39, 0.29) is 11.8 Å². The molecule has 0 aliphatic carbocycles. The van der Waals surface area contributed by atoms with Crippen LogP contribution in [0.3, 0.4) is 0 Å². The van der Waals surface area contributed by atoms with E-state index in [4.69, 9.17) is 16.1 Å². The van der Waals surface area contributed by atoms with Crippen LogP contribution in [0, 0.1) is 19.8 Å². The third-order valence-corrected chi connectivity index (χ3v) is 5.70. The van der Waals surface area contributed by atoms with Crippen LogP contribution < -0.4 is 5.32 Å². The molecule has 30 heavy (non-hydrogen) atoms. The van der Waals surface area contributed by atoms with Crippen molar-refractivity contribution < 1.29 is 9.32 Å². The van der Waals surface area contributed by atoms with Crippen LogP contribution in [0.15, 0.2) is 47.0 Å². The van der Waals surface area contributed by atoms with Crippen LogP contribution in [-0.4, -0.2) is 34.0 Å². The molecule has 7 heteroatoms. The first-order chi connectivity index (χ1) is 14.5. The summed E-state index contributed by atoms with van der Waals surface area (Å²) < 4.78 is 5.43. The van der Waals surface area contributed by atoms with Crippen molar-refractivity contribution >= 4 is 23.2 Å². The number of benzene rings is 2. The summed E-state index contributed by atoms with van der Waals surface area (Å²) in [6, 6.07) is 13.5. The highest BCUT2D eigenvalue weighted by molar-refractivity contribution is 6.31. The van der Waals surface area contributed by atoms with Crippen LogP contribution in [0.25, 0.3) is 11.5 Å². The largest absolute Gasteiger partial charge is 0.334 e. The third kappa shape index (κ3) is 4.89. The summed E-state index contributed by atoms with van der Waals surface area (Å²) in [7, 11) is 0. The number of rotatable bonds is 5. The molecule has 1 aromatic heterocycles. The van der Waals surface area contributed by atoms with Gasteiger partial charge in [0.1, 0.15) is 0 Å². The average Bonchev–Trinajstić information content (AvgIpc) is 3.20. The van der Waals surface area contributed by atoms with Crippen LogP contribution in [0.1, 0.15) is 29.8 Å². The topological polar surface area (TPSA) is 71.3 Å². The first-order valence-corrected chi connectivity index (χ1v) is 10.5. The fourth-order valence-corrected chi connectivity index (χ4v) is 3.88. The molecule has 0 bridgehead atoms. The maximum absolute atomic E-state index is 12.8. The van der Waals surface area contributed by atoms with Crippen LogP contribution >= 0.6 is 11.6 Å². The van der Waals surface area contributed by atoms with Crippen molar-refractivity contribution in [2.24, 2.45) is 5.92 Å². The van der Waals surface area contributed by atoms with E-state index in [2.05, 4.69) is 20.4 Å². The Morgan fingerprint density at radius 2 is 2.03 bits per heavy atom. The van der Waals surface area contributed by atoms with Crippen molar-refractivity contribution in [3.8, 4) is 11.5 Å². The number of carbonyl (C=O) groups is 1. The molecule has 1 amide bonds. The number of halogens is 1. The van der Waals surface area contributed by atoms with Gasteiger partial charge in [-0.25, -0.2) is 0 Å². The Labute approximate surface area is 181 Å². The Balaban J connectivity index is 1.38. The van der Waals surface area contributed by atoms with Gasteiger partial charge >= 0.3 is 0 Å². The second kappa shape index (κ2) is 8.98. The molecule has 156 valence electrons. The fourth-order valence-electron chi connectivity index (χ4n) is 3.71. The van der Waals surface area contributed by atoms with E-state index in [1.54, 1.807) is 6.07 Å². The number of amides is 1. The zero-order valence-corrected chi connectivity index (χ0v) is 17.9. The Morgan fingerprint density at radius 1 is 1.23 bits per heavy atom. The SMILES string of the molecule is Cc1ccc(-c2nc(CN3CCCC(C(=O)Nc4cc(Cl)ccc4C)C3)no2)cc1. The van der Waals surface area contributed by atoms with Crippen LogP contribution in [0.4, 0.5) is 5.69 Å². The molecular formula is C23H25ClN4O2. The van der Waals surface area contributed by atoms with E-state index in [1.807, 2.05) is 50.2 Å². The fraction of sp³-hybridized carbons (Fsp3) is 0.348. The zero-order chi connectivity index (χ0) is 21.1. The highest BCUT2D eigenvalue weighted by Gasteiger charge is 2.27. The number of nitrogens with one attached hydrogen (secondary N) is 1. The first kappa shape index (κ1) is 20.6. The van der Waals surface area contributed by atoms with Gasteiger partial charge in [-0.15, -0.1) is 0 Å². The van der Waals surface area contributed by atoms with Gasteiger partial charge in [0.2, 0.25) is 5.91 Å². The molecule has 1 atom stereocenters. The monoisotopic (exact) mass is 424 g/mol. The second-order valence-corrected chi connectivity index (χ2v) is 8.34. The number of piperidine rings is 1. The zero-order valence-electron chi connectivity index (χ0n) is 17.2. The molecule has 1 aliphatic heterocycles. The second-order valence-electron chi connectivity index (χ2n) is 7.90. The number of likely N-dealkylation sites (tertiary alicyclic amines) is 1. The number of aromatic nitrogens is 2. The van der Waals surface area contributed by atoms with Crippen LogP contribution in [0.2, 0.25) is 5.02 Å². The summed E-state index contributed by atoms with van der Waals surface area (Å²) in [6.07, 6.45) is 1.82. The first-order valence-electron chi connectivity index (χ1n) is 10.2. The maximum atomic E-state index is 12.8. The molecule has 1 saturated heterocycles. The highest BCUT2D eigenvalue weighted by Crippen LogP contribution is 2.24. The number of aryl methyl sites for hydroxylation is 2. The molecule has 1 aliphatic rings. The van der Waals surface area contributed by atoms with E-state index in [1.165, 1.54) is 5.56 Å². The quantitative estimate of drug-likeness (QED) is 0.633. The molecule has 0 radical (unpaired) electrons. The van der Waals surface area contributed by atoms with Gasteiger partial charge in [-0.1, -0.05) is 40.5 Å². The summed E-state index contributed by atoms with van der Waals surface area (Å²) in [5.74, 6) is 1.10. The molecule has 3 aromatic rings. The highest BCUT2D eigenvalue weighted by atomic mass is 35.5. The summed E-state index contributed by atoms with van der Waals surface area (Å²) in [5.41, 5.74) is 3.86. The van der Waals surface area contributed by atoms with E-state index in [0.29, 0.717) is 29.8 Å². The summed E-state index contributed by atoms with van der Waals surface area (Å²) in [4.78, 5) is 19.6. The molecule has 6 nitrogen and oxygen atoms in total. The van der Waals surface area contributed by atoms with Gasteiger partial charge in [0.25, 0.3) is 5.89 Å². The lowest BCUT2D eigenvalue weighted by molar-refractivity contribution is -0.121. The van der Waals surface area contributed by atoms with Gasteiger partial charge in [-0.3, -0.25) is 9.69 Å². The van der Waals surface area contributed by atoms with Gasteiger partial charge in [-0.05, 0) is 63.1 Å². The standard InChI is InChI=1S/C23H25ClN4O2/c1-15-5-8-17(9-6-15)23-26-21(27-30-23)14-28-11-3-4-18(13-28)22(29)25-20-12-19(24)10-7-16(20)2/h5-10,12,18H,3-4,11,13-14H2,1-2H3,(H,25,29). The smallest absolute Gasteiger partial charge is 0.257 e. The van der Waals surface area contributed by atoms with Gasteiger partial charge in [0, 0.05) is 22.8 Å². The van der Waals surface area contributed by atoms with Crippen molar-refractivity contribution in [3.05, 3.63) is 64.4 Å². The van der Waals surface area contributed by atoms with Gasteiger partial charge < -0.3 is 9.84 Å². The van der Waals surface area contributed by atoms with Gasteiger partial charge in [-0.2, -0.15) is 4.98 Å². The van der Waals surface area contributed by atoms with E-state index in [0.717, 1.165) is 36.2 Å². The number of nitrogens with zero attached hydrogens (tertiary/aromatic N) is 3. The maximum Gasteiger partial charge on any atom is 0.257 e. The average molecular weight is 425 g/mol. The van der Waals surface area contributed by atoms with Crippen LogP contribution in [0.5, 0.6) is 0 Å². The molecule has 2 heterocycles. The van der Waals surface area contributed by atoms with E-state index >= 15 is 0 Å². The molecular weight excluding hydrogens is 400 g/mol. The predicted molar refractivity (Wildman–Crippen MR) is 117 cm³/mol. The Bertz CT molecular complexity index is 1030. The van der Waals surface area contributed by atoms with Gasteiger partial charge in [0.15, 0.2) is 5.82 Å². The summed E-state index contributed by atoms with van der Waals surface area (Å²) in [5, 5.41) is 7.77. The van der Waals surface area contributed by atoms with Crippen molar-refractivity contribution in [1.82, 2.24) is 15.0 Å². The minimum absolute atomic E-state index is 0.0264. The lowest BCUT2D eigenvalue weighted by atomic mass is 9.97. The normalized spacial score (nSPS) is 17.1. The lowest BCUT2D eigenvalue weighted by Gasteiger charge is -2.31. The molecule has 0 spiro atoms. The number of carbonyl (C=O) groups excluding carboxylic acids is 1. The van der Waals surface area contributed by atoms with Gasteiger partial charge in [0.05, 0.1) is 12.5 Å².